The van der Waals surface area contributed by atoms with Crippen LogP contribution in [0.4, 0.5) is 0 Å². The highest BCUT2D eigenvalue weighted by molar-refractivity contribution is 14.1. The highest BCUT2D eigenvalue weighted by Crippen LogP contribution is 2.36. The van der Waals surface area contributed by atoms with Gasteiger partial charge in [-0.25, -0.2) is 0 Å². The number of hydrogen-bond acceptors (Lipinski definition) is 0. The first kappa shape index (κ1) is 10.8. The molecule has 0 spiro atoms. The molecule has 0 aromatic carbocycles. The molecule has 1 heteroatoms. The van der Waals surface area contributed by atoms with Crippen LogP contribution in [0, 0.1) is 17.8 Å². The van der Waals surface area contributed by atoms with Crippen molar-refractivity contribution >= 4 is 22.6 Å². The molecule has 12 heavy (non-hydrogen) atoms. The molecule has 1 aliphatic carbocycles. The van der Waals surface area contributed by atoms with Crippen molar-refractivity contribution in [1.82, 2.24) is 0 Å². The van der Waals surface area contributed by atoms with Crippen LogP contribution in [0.5, 0.6) is 0 Å². The van der Waals surface area contributed by atoms with Crippen LogP contribution in [-0.4, -0.2) is 4.43 Å². The number of halogens is 1. The predicted molar refractivity (Wildman–Crippen MR) is 63.8 cm³/mol. The maximum atomic E-state index is 2.55. The number of hydrogen-bond donors (Lipinski definition) is 0. The van der Waals surface area contributed by atoms with Crippen molar-refractivity contribution in [2.45, 2.75) is 46.0 Å². The third-order valence-corrected chi connectivity index (χ3v) is 4.59. The van der Waals surface area contributed by atoms with E-state index in [0.717, 1.165) is 17.8 Å². The molecule has 0 nitrogen and oxygen atoms in total. The van der Waals surface area contributed by atoms with E-state index in [1.807, 2.05) is 0 Å². The SMILES string of the molecule is CCC[C@@H]1C[C@@H](CI)CCC1C. The van der Waals surface area contributed by atoms with Crippen LogP contribution in [0.1, 0.15) is 46.0 Å². The van der Waals surface area contributed by atoms with E-state index >= 15 is 0 Å². The van der Waals surface area contributed by atoms with Gasteiger partial charge in [0.2, 0.25) is 0 Å². The molecule has 0 bridgehead atoms. The zero-order chi connectivity index (χ0) is 8.97. The van der Waals surface area contributed by atoms with Gasteiger partial charge in [0.25, 0.3) is 0 Å². The first-order valence-electron chi connectivity index (χ1n) is 5.33. The molecule has 0 aromatic rings. The summed E-state index contributed by atoms with van der Waals surface area (Å²) in [6.45, 7) is 4.77. The lowest BCUT2D eigenvalue weighted by Gasteiger charge is -2.33. The fraction of sp³-hybridized carbons (Fsp3) is 1.00. The van der Waals surface area contributed by atoms with Gasteiger partial charge in [0.1, 0.15) is 0 Å². The summed E-state index contributed by atoms with van der Waals surface area (Å²) in [5, 5.41) is 0. The van der Waals surface area contributed by atoms with E-state index in [-0.39, 0.29) is 0 Å². The van der Waals surface area contributed by atoms with Gasteiger partial charge in [-0.15, -0.1) is 0 Å². The Bertz CT molecular complexity index is 122. The number of rotatable bonds is 3. The summed E-state index contributed by atoms with van der Waals surface area (Å²) in [5.74, 6) is 3.09. The summed E-state index contributed by atoms with van der Waals surface area (Å²) in [6, 6.07) is 0. The molecule has 1 rings (SSSR count). The summed E-state index contributed by atoms with van der Waals surface area (Å²) in [7, 11) is 0. The Labute approximate surface area is 90.6 Å². The highest BCUT2D eigenvalue weighted by Gasteiger charge is 2.25. The third-order valence-electron chi connectivity index (χ3n) is 3.35. The molecular weight excluding hydrogens is 259 g/mol. The summed E-state index contributed by atoms with van der Waals surface area (Å²) in [5.41, 5.74) is 0. The molecule has 1 saturated carbocycles. The van der Waals surface area contributed by atoms with E-state index in [1.165, 1.54) is 36.5 Å². The standard InChI is InChI=1S/C11H21I/c1-3-4-11-7-10(8-12)6-5-9(11)2/h9-11H,3-8H2,1-2H3/t9?,10-,11+/m0/s1. The Morgan fingerprint density at radius 1 is 1.33 bits per heavy atom. The van der Waals surface area contributed by atoms with Gasteiger partial charge in [-0.05, 0) is 30.6 Å². The maximum Gasteiger partial charge on any atom is 0.00238 e. The molecule has 0 radical (unpaired) electrons. The largest absolute Gasteiger partial charge is 0.0861 e. The first-order valence-corrected chi connectivity index (χ1v) is 6.86. The Morgan fingerprint density at radius 3 is 2.67 bits per heavy atom. The van der Waals surface area contributed by atoms with Gasteiger partial charge in [-0.3, -0.25) is 0 Å². The van der Waals surface area contributed by atoms with Crippen molar-refractivity contribution in [1.29, 1.82) is 0 Å². The lowest BCUT2D eigenvalue weighted by atomic mass is 9.74. The van der Waals surface area contributed by atoms with E-state index < -0.39 is 0 Å². The fourth-order valence-corrected chi connectivity index (χ4v) is 3.23. The number of alkyl halides is 1. The molecule has 0 aromatic heterocycles. The van der Waals surface area contributed by atoms with Gasteiger partial charge in [-0.2, -0.15) is 0 Å². The van der Waals surface area contributed by atoms with E-state index in [2.05, 4.69) is 36.4 Å². The van der Waals surface area contributed by atoms with Crippen LogP contribution in [0.25, 0.3) is 0 Å². The molecule has 0 aliphatic heterocycles. The monoisotopic (exact) mass is 280 g/mol. The third kappa shape index (κ3) is 2.90. The Morgan fingerprint density at radius 2 is 2.08 bits per heavy atom. The second kappa shape index (κ2) is 5.46. The molecule has 1 aliphatic rings. The summed E-state index contributed by atoms with van der Waals surface area (Å²) < 4.78 is 1.38. The van der Waals surface area contributed by atoms with Crippen molar-refractivity contribution in [3.63, 3.8) is 0 Å². The molecule has 0 heterocycles. The molecular formula is C11H21I. The summed E-state index contributed by atoms with van der Waals surface area (Å²) >= 11 is 2.55. The topological polar surface area (TPSA) is 0 Å². The Balaban J connectivity index is 2.36. The summed E-state index contributed by atoms with van der Waals surface area (Å²) in [6.07, 6.45) is 7.33. The van der Waals surface area contributed by atoms with E-state index in [9.17, 15) is 0 Å². The van der Waals surface area contributed by atoms with Crippen molar-refractivity contribution < 1.29 is 0 Å². The van der Waals surface area contributed by atoms with Crippen molar-refractivity contribution in [2.75, 3.05) is 4.43 Å². The van der Waals surface area contributed by atoms with Gasteiger partial charge >= 0.3 is 0 Å². The lowest BCUT2D eigenvalue weighted by Crippen LogP contribution is -2.23. The van der Waals surface area contributed by atoms with E-state index in [4.69, 9.17) is 0 Å². The second-order valence-corrected chi connectivity index (χ2v) is 5.24. The quantitative estimate of drug-likeness (QED) is 0.535. The van der Waals surface area contributed by atoms with Gasteiger partial charge in [0.05, 0.1) is 0 Å². The lowest BCUT2D eigenvalue weighted by molar-refractivity contribution is 0.196. The smallest absolute Gasteiger partial charge is 0.00238 e. The predicted octanol–water partition coefficient (Wildman–Crippen LogP) is 4.27. The normalized spacial score (nSPS) is 36.8. The van der Waals surface area contributed by atoms with Crippen LogP contribution in [-0.2, 0) is 0 Å². The minimum absolute atomic E-state index is 1.00. The van der Waals surface area contributed by atoms with Crippen molar-refractivity contribution in [3.8, 4) is 0 Å². The average Bonchev–Trinajstić information content (AvgIpc) is 2.09. The highest BCUT2D eigenvalue weighted by atomic mass is 127. The van der Waals surface area contributed by atoms with Crippen LogP contribution in [0.3, 0.4) is 0 Å². The van der Waals surface area contributed by atoms with Crippen LogP contribution in [0.15, 0.2) is 0 Å². The van der Waals surface area contributed by atoms with Gasteiger partial charge in [0.15, 0.2) is 0 Å². The fourth-order valence-electron chi connectivity index (χ4n) is 2.43. The molecule has 0 amide bonds. The van der Waals surface area contributed by atoms with Gasteiger partial charge in [0, 0.05) is 4.43 Å². The van der Waals surface area contributed by atoms with E-state index in [0.29, 0.717) is 0 Å². The van der Waals surface area contributed by atoms with Crippen molar-refractivity contribution in [3.05, 3.63) is 0 Å². The minimum atomic E-state index is 1.00. The molecule has 1 fully saturated rings. The van der Waals surface area contributed by atoms with Crippen LogP contribution >= 0.6 is 22.6 Å². The van der Waals surface area contributed by atoms with Crippen LogP contribution in [0.2, 0.25) is 0 Å². The average molecular weight is 280 g/mol. The zero-order valence-electron chi connectivity index (χ0n) is 8.35. The molecule has 72 valence electrons. The zero-order valence-corrected chi connectivity index (χ0v) is 10.5. The van der Waals surface area contributed by atoms with Gasteiger partial charge in [-0.1, -0.05) is 55.7 Å². The van der Waals surface area contributed by atoms with E-state index in [1.54, 1.807) is 0 Å². The summed E-state index contributed by atoms with van der Waals surface area (Å²) in [4.78, 5) is 0. The second-order valence-electron chi connectivity index (χ2n) is 4.36. The molecule has 1 unspecified atom stereocenters. The maximum absolute atomic E-state index is 2.55. The van der Waals surface area contributed by atoms with Crippen LogP contribution < -0.4 is 0 Å². The molecule has 3 atom stereocenters. The first-order chi connectivity index (χ1) is 5.77. The minimum Gasteiger partial charge on any atom is -0.0861 e. The Kier molecular flexibility index (Phi) is 4.92. The van der Waals surface area contributed by atoms with Crippen molar-refractivity contribution in [2.24, 2.45) is 17.8 Å². The van der Waals surface area contributed by atoms with Gasteiger partial charge < -0.3 is 0 Å². The molecule has 0 N–H and O–H groups in total. The molecule has 0 saturated heterocycles. The Hall–Kier alpha value is 0.730.